The molecule has 0 bridgehead atoms. The molecule has 0 amide bonds. The summed E-state index contributed by atoms with van der Waals surface area (Å²) in [5.41, 5.74) is 1.81. The first kappa shape index (κ1) is 18.5. The summed E-state index contributed by atoms with van der Waals surface area (Å²) < 4.78 is 17.7. The van der Waals surface area contributed by atoms with E-state index in [1.165, 1.54) is 16.8 Å². The smallest absolute Gasteiger partial charge is 0.268 e. The molecule has 3 aromatic carbocycles. The molecule has 2 aromatic heterocycles. The first-order chi connectivity index (χ1) is 15.2. The van der Waals surface area contributed by atoms with Crippen LogP contribution in [-0.4, -0.2) is 19.3 Å². The van der Waals surface area contributed by atoms with Gasteiger partial charge in [-0.1, -0.05) is 30.3 Å². The second kappa shape index (κ2) is 7.35. The minimum atomic E-state index is -0.498. The molecule has 2 heterocycles. The minimum absolute atomic E-state index is 0.151. The second-order valence-corrected chi connectivity index (χ2v) is 6.84. The van der Waals surface area contributed by atoms with Crippen LogP contribution in [0.4, 0.5) is 4.39 Å². The molecule has 7 heteroatoms. The predicted octanol–water partition coefficient (Wildman–Crippen LogP) is 4.25. The molecule has 0 aliphatic rings. The highest BCUT2D eigenvalue weighted by molar-refractivity contribution is 5.79. The normalized spacial score (nSPS) is 10.8. The fourth-order valence-corrected chi connectivity index (χ4v) is 3.47. The molecule has 0 fully saturated rings. The van der Waals surface area contributed by atoms with Gasteiger partial charge in [0.25, 0.3) is 5.56 Å². The number of fused-ring (bicyclic) bond motifs is 1. The van der Waals surface area contributed by atoms with Crippen LogP contribution in [-0.2, 0) is 0 Å². The zero-order chi connectivity index (χ0) is 21.4. The summed E-state index contributed by atoms with van der Waals surface area (Å²) in [5.74, 6) is -0.347. The van der Waals surface area contributed by atoms with Gasteiger partial charge in [0, 0.05) is 0 Å². The van der Waals surface area contributed by atoms with Gasteiger partial charge in [-0.2, -0.15) is 10.4 Å². The van der Waals surface area contributed by atoms with Crippen molar-refractivity contribution in [2.75, 3.05) is 0 Å². The van der Waals surface area contributed by atoms with E-state index >= 15 is 0 Å². The first-order valence-electron chi connectivity index (χ1n) is 9.49. The first-order valence-corrected chi connectivity index (χ1v) is 9.49. The van der Waals surface area contributed by atoms with Crippen LogP contribution in [0.5, 0.6) is 0 Å². The number of nitriles is 1. The maximum atomic E-state index is 14.8. The Kier molecular flexibility index (Phi) is 4.38. The molecule has 148 valence electrons. The fraction of sp³-hybridized carbons (Fsp3) is 0. The Hall–Kier alpha value is -4.57. The van der Waals surface area contributed by atoms with Crippen molar-refractivity contribution in [3.05, 3.63) is 107 Å². The van der Waals surface area contributed by atoms with Crippen molar-refractivity contribution in [2.24, 2.45) is 0 Å². The maximum absolute atomic E-state index is 14.8. The van der Waals surface area contributed by atoms with Gasteiger partial charge in [-0.25, -0.2) is 14.1 Å². The molecule has 0 saturated heterocycles. The SMILES string of the molecule is N#Cc1ccc(-n2c(-c3ccccc3F)nc3c(cnn3-c3ccccc3)c2=O)cc1. The van der Waals surface area contributed by atoms with Gasteiger partial charge in [0.1, 0.15) is 11.2 Å². The monoisotopic (exact) mass is 407 g/mol. The van der Waals surface area contributed by atoms with Gasteiger partial charge in [-0.15, -0.1) is 0 Å². The van der Waals surface area contributed by atoms with Gasteiger partial charge >= 0.3 is 0 Å². The summed E-state index contributed by atoms with van der Waals surface area (Å²) in [6.45, 7) is 0. The van der Waals surface area contributed by atoms with E-state index in [1.54, 1.807) is 47.1 Å². The van der Waals surface area contributed by atoms with Crippen LogP contribution in [0.1, 0.15) is 5.56 Å². The van der Waals surface area contributed by atoms with Crippen LogP contribution in [0.3, 0.4) is 0 Å². The number of para-hydroxylation sites is 1. The Morgan fingerprint density at radius 3 is 2.29 bits per heavy atom. The average molecular weight is 407 g/mol. The Labute approximate surface area is 176 Å². The number of hydrogen-bond donors (Lipinski definition) is 0. The number of nitrogens with zero attached hydrogens (tertiary/aromatic N) is 5. The molecule has 0 N–H and O–H groups in total. The molecule has 0 aliphatic heterocycles. The zero-order valence-electron chi connectivity index (χ0n) is 16.1. The molecule has 0 saturated carbocycles. The van der Waals surface area contributed by atoms with Crippen LogP contribution in [0.25, 0.3) is 33.8 Å². The number of benzene rings is 3. The van der Waals surface area contributed by atoms with E-state index < -0.39 is 5.82 Å². The lowest BCUT2D eigenvalue weighted by Crippen LogP contribution is -2.22. The molecule has 5 aromatic rings. The van der Waals surface area contributed by atoms with Gasteiger partial charge in [0.15, 0.2) is 11.5 Å². The lowest BCUT2D eigenvalue weighted by atomic mass is 10.1. The van der Waals surface area contributed by atoms with Crippen LogP contribution in [0.15, 0.2) is 89.9 Å². The quantitative estimate of drug-likeness (QED) is 0.448. The van der Waals surface area contributed by atoms with E-state index in [2.05, 4.69) is 16.2 Å². The Bertz CT molecular complexity index is 1510. The van der Waals surface area contributed by atoms with Gasteiger partial charge in [-0.05, 0) is 48.5 Å². The van der Waals surface area contributed by atoms with Crippen LogP contribution in [0.2, 0.25) is 0 Å². The van der Waals surface area contributed by atoms with Gasteiger partial charge in [-0.3, -0.25) is 9.36 Å². The van der Waals surface area contributed by atoms with Crippen molar-refractivity contribution in [2.45, 2.75) is 0 Å². The van der Waals surface area contributed by atoms with Gasteiger partial charge < -0.3 is 0 Å². The van der Waals surface area contributed by atoms with Crippen LogP contribution in [0, 0.1) is 17.1 Å². The van der Waals surface area contributed by atoms with E-state index in [-0.39, 0.29) is 16.9 Å². The van der Waals surface area contributed by atoms with Crippen molar-refractivity contribution in [3.8, 4) is 28.8 Å². The zero-order valence-corrected chi connectivity index (χ0v) is 16.1. The predicted molar refractivity (Wildman–Crippen MR) is 115 cm³/mol. The molecule has 0 unspecified atom stereocenters. The molecule has 0 radical (unpaired) electrons. The molecule has 6 nitrogen and oxygen atoms in total. The Balaban J connectivity index is 1.86. The number of halogens is 1. The largest absolute Gasteiger partial charge is 0.269 e. The highest BCUT2D eigenvalue weighted by atomic mass is 19.1. The third kappa shape index (κ3) is 3.07. The van der Waals surface area contributed by atoms with Gasteiger partial charge in [0.2, 0.25) is 0 Å². The van der Waals surface area contributed by atoms with Crippen molar-refractivity contribution in [1.29, 1.82) is 5.26 Å². The highest BCUT2D eigenvalue weighted by Gasteiger charge is 2.20. The third-order valence-electron chi connectivity index (χ3n) is 4.97. The number of rotatable bonds is 3. The van der Waals surface area contributed by atoms with E-state index in [0.29, 0.717) is 22.3 Å². The summed E-state index contributed by atoms with van der Waals surface area (Å²) in [7, 11) is 0. The van der Waals surface area contributed by atoms with Crippen molar-refractivity contribution < 1.29 is 4.39 Å². The Morgan fingerprint density at radius 1 is 0.871 bits per heavy atom. The number of aromatic nitrogens is 4. The molecule has 0 spiro atoms. The van der Waals surface area contributed by atoms with E-state index in [0.717, 1.165) is 5.69 Å². The minimum Gasteiger partial charge on any atom is -0.268 e. The molecule has 0 aliphatic carbocycles. The van der Waals surface area contributed by atoms with Crippen molar-refractivity contribution in [1.82, 2.24) is 19.3 Å². The summed E-state index contributed by atoms with van der Waals surface area (Å²) in [5, 5.41) is 13.7. The summed E-state index contributed by atoms with van der Waals surface area (Å²) in [6.07, 6.45) is 1.46. The molecule has 5 rings (SSSR count). The summed E-state index contributed by atoms with van der Waals surface area (Å²) in [6, 6.07) is 24.0. The lowest BCUT2D eigenvalue weighted by Gasteiger charge is -2.14. The third-order valence-corrected chi connectivity index (χ3v) is 4.97. The van der Waals surface area contributed by atoms with Crippen molar-refractivity contribution in [3.63, 3.8) is 0 Å². The summed E-state index contributed by atoms with van der Waals surface area (Å²) >= 11 is 0. The number of hydrogen-bond acceptors (Lipinski definition) is 4. The van der Waals surface area contributed by atoms with Crippen LogP contribution >= 0.6 is 0 Å². The van der Waals surface area contributed by atoms with Crippen LogP contribution < -0.4 is 5.56 Å². The fourth-order valence-electron chi connectivity index (χ4n) is 3.47. The Morgan fingerprint density at radius 2 is 1.58 bits per heavy atom. The van der Waals surface area contributed by atoms with Crippen molar-refractivity contribution >= 4 is 11.0 Å². The molecule has 31 heavy (non-hydrogen) atoms. The van der Waals surface area contributed by atoms with Gasteiger partial charge in [0.05, 0.1) is 34.8 Å². The lowest BCUT2D eigenvalue weighted by molar-refractivity contribution is 0.629. The summed E-state index contributed by atoms with van der Waals surface area (Å²) in [4.78, 5) is 18.2. The highest BCUT2D eigenvalue weighted by Crippen LogP contribution is 2.25. The second-order valence-electron chi connectivity index (χ2n) is 6.84. The maximum Gasteiger partial charge on any atom is 0.269 e. The van der Waals surface area contributed by atoms with E-state index in [1.807, 2.05) is 30.3 Å². The standard InChI is InChI=1S/C24H14FN5O/c25-21-9-5-4-8-19(21)22-28-23-20(15-27-30(23)18-6-2-1-3-7-18)24(31)29(22)17-12-10-16(14-26)11-13-17/h1-13,15H. The molecule has 0 atom stereocenters. The van der Waals surface area contributed by atoms with E-state index in [4.69, 9.17) is 5.26 Å². The average Bonchev–Trinajstić information content (AvgIpc) is 3.24. The van der Waals surface area contributed by atoms with E-state index in [9.17, 15) is 9.18 Å². The molecular formula is C24H14FN5O. The topological polar surface area (TPSA) is 76.5 Å². The molecular weight excluding hydrogens is 393 g/mol.